The molecule has 0 unspecified atom stereocenters. The summed E-state index contributed by atoms with van der Waals surface area (Å²) >= 11 is 0. The molecule has 12 heavy (non-hydrogen) atoms. The molecular formula is C10H14N2. The van der Waals surface area contributed by atoms with Crippen molar-refractivity contribution >= 4 is 0 Å². The van der Waals surface area contributed by atoms with Crippen LogP contribution in [0.4, 0.5) is 0 Å². The molecule has 64 valence electrons. The Morgan fingerprint density at radius 2 is 2.33 bits per heavy atom. The van der Waals surface area contributed by atoms with Gasteiger partial charge in [-0.1, -0.05) is 12.5 Å². The van der Waals surface area contributed by atoms with Gasteiger partial charge in [0.25, 0.3) is 0 Å². The van der Waals surface area contributed by atoms with Crippen LogP contribution in [0.25, 0.3) is 0 Å². The van der Waals surface area contributed by atoms with Crippen molar-refractivity contribution in [2.45, 2.75) is 31.7 Å². The van der Waals surface area contributed by atoms with Crippen LogP contribution in [0, 0.1) is 0 Å². The number of hydrogen-bond acceptors (Lipinski definition) is 2. The number of hydrogen-bond donors (Lipinski definition) is 1. The summed E-state index contributed by atoms with van der Waals surface area (Å²) in [5.41, 5.74) is 8.09. The van der Waals surface area contributed by atoms with E-state index in [1.807, 2.05) is 12.3 Å². The fraction of sp³-hybridized carbons (Fsp3) is 0.500. The van der Waals surface area contributed by atoms with E-state index in [9.17, 15) is 0 Å². The normalized spacial score (nSPS) is 17.4. The summed E-state index contributed by atoms with van der Waals surface area (Å²) in [5.74, 6) is 0.699. The average molecular weight is 162 g/mol. The molecule has 2 nitrogen and oxygen atoms in total. The lowest BCUT2D eigenvalue weighted by Crippen LogP contribution is -2.14. The maximum absolute atomic E-state index is 5.63. The Morgan fingerprint density at radius 3 is 2.92 bits per heavy atom. The second-order valence-corrected chi connectivity index (χ2v) is 3.38. The molecule has 1 aliphatic rings. The second kappa shape index (κ2) is 3.23. The Kier molecular flexibility index (Phi) is 2.09. The van der Waals surface area contributed by atoms with Crippen LogP contribution < -0.4 is 5.73 Å². The van der Waals surface area contributed by atoms with Crippen molar-refractivity contribution in [3.63, 3.8) is 0 Å². The maximum Gasteiger partial charge on any atom is 0.0479 e. The van der Waals surface area contributed by atoms with Gasteiger partial charge in [0.1, 0.15) is 0 Å². The van der Waals surface area contributed by atoms with Crippen molar-refractivity contribution in [2.24, 2.45) is 5.73 Å². The fourth-order valence-corrected chi connectivity index (χ4v) is 1.67. The van der Waals surface area contributed by atoms with Gasteiger partial charge in [-0.3, -0.25) is 4.98 Å². The Bertz CT molecular complexity index is 266. The zero-order valence-electron chi connectivity index (χ0n) is 7.16. The summed E-state index contributed by atoms with van der Waals surface area (Å²) in [5, 5.41) is 0. The van der Waals surface area contributed by atoms with E-state index in [0.717, 1.165) is 0 Å². The SMILES string of the molecule is NCc1cccnc1C1CCC1. The second-order valence-electron chi connectivity index (χ2n) is 3.38. The Hall–Kier alpha value is -0.890. The Labute approximate surface area is 72.8 Å². The van der Waals surface area contributed by atoms with Gasteiger partial charge in [0.15, 0.2) is 0 Å². The van der Waals surface area contributed by atoms with Crippen LogP contribution in [0.1, 0.15) is 36.4 Å². The molecule has 1 aliphatic carbocycles. The van der Waals surface area contributed by atoms with E-state index in [-0.39, 0.29) is 0 Å². The summed E-state index contributed by atoms with van der Waals surface area (Å²) in [6.45, 7) is 0.625. The summed E-state index contributed by atoms with van der Waals surface area (Å²) in [7, 11) is 0. The van der Waals surface area contributed by atoms with Gasteiger partial charge >= 0.3 is 0 Å². The number of nitrogens with two attached hydrogens (primary N) is 1. The molecule has 1 fully saturated rings. The summed E-state index contributed by atoms with van der Waals surface area (Å²) in [6.07, 6.45) is 5.81. The molecule has 1 heterocycles. The Morgan fingerprint density at radius 1 is 1.50 bits per heavy atom. The number of nitrogens with zero attached hydrogens (tertiary/aromatic N) is 1. The van der Waals surface area contributed by atoms with Crippen molar-refractivity contribution in [3.8, 4) is 0 Å². The number of rotatable bonds is 2. The minimum absolute atomic E-state index is 0.625. The van der Waals surface area contributed by atoms with Gasteiger partial charge in [-0.15, -0.1) is 0 Å². The summed E-state index contributed by atoms with van der Waals surface area (Å²) in [4.78, 5) is 4.39. The van der Waals surface area contributed by atoms with Crippen LogP contribution in [0.5, 0.6) is 0 Å². The first-order chi connectivity index (χ1) is 5.92. The van der Waals surface area contributed by atoms with Crippen LogP contribution in [0.3, 0.4) is 0 Å². The predicted molar refractivity (Wildman–Crippen MR) is 48.7 cm³/mol. The first-order valence-corrected chi connectivity index (χ1v) is 4.55. The molecule has 0 aromatic carbocycles. The number of aromatic nitrogens is 1. The molecule has 0 radical (unpaired) electrons. The molecule has 0 saturated heterocycles. The quantitative estimate of drug-likeness (QED) is 0.720. The van der Waals surface area contributed by atoms with Crippen molar-refractivity contribution in [1.82, 2.24) is 4.98 Å². The molecule has 0 spiro atoms. The number of pyridine rings is 1. The highest BCUT2D eigenvalue weighted by Gasteiger charge is 2.22. The Balaban J connectivity index is 2.27. The highest BCUT2D eigenvalue weighted by molar-refractivity contribution is 5.24. The molecule has 2 N–H and O–H groups in total. The molecule has 0 amide bonds. The fourth-order valence-electron chi connectivity index (χ4n) is 1.67. The predicted octanol–water partition coefficient (Wildman–Crippen LogP) is 1.81. The monoisotopic (exact) mass is 162 g/mol. The van der Waals surface area contributed by atoms with E-state index in [1.165, 1.54) is 30.5 Å². The third kappa shape index (κ3) is 1.23. The van der Waals surface area contributed by atoms with Crippen molar-refractivity contribution < 1.29 is 0 Å². The van der Waals surface area contributed by atoms with Gasteiger partial charge in [-0.05, 0) is 24.5 Å². The van der Waals surface area contributed by atoms with Crippen molar-refractivity contribution in [3.05, 3.63) is 29.6 Å². The van der Waals surface area contributed by atoms with Crippen LogP contribution >= 0.6 is 0 Å². The summed E-state index contributed by atoms with van der Waals surface area (Å²) < 4.78 is 0. The molecule has 2 rings (SSSR count). The first-order valence-electron chi connectivity index (χ1n) is 4.55. The molecule has 2 heteroatoms. The highest BCUT2D eigenvalue weighted by Crippen LogP contribution is 2.36. The van der Waals surface area contributed by atoms with E-state index in [4.69, 9.17) is 5.73 Å². The standard InChI is InChI=1S/C10H14N2/c11-7-9-5-2-6-12-10(9)8-3-1-4-8/h2,5-6,8H,1,3-4,7,11H2. The van der Waals surface area contributed by atoms with Gasteiger partial charge in [-0.2, -0.15) is 0 Å². The van der Waals surface area contributed by atoms with Crippen LogP contribution in [0.15, 0.2) is 18.3 Å². The first kappa shape index (κ1) is 7.74. The third-order valence-electron chi connectivity index (χ3n) is 2.64. The zero-order chi connectivity index (χ0) is 8.39. The smallest absolute Gasteiger partial charge is 0.0479 e. The van der Waals surface area contributed by atoms with Gasteiger partial charge in [0, 0.05) is 24.4 Å². The minimum atomic E-state index is 0.625. The van der Waals surface area contributed by atoms with Gasteiger partial charge in [-0.25, -0.2) is 0 Å². The van der Waals surface area contributed by atoms with Crippen LogP contribution in [-0.2, 0) is 6.54 Å². The van der Waals surface area contributed by atoms with E-state index in [1.54, 1.807) is 0 Å². The summed E-state index contributed by atoms with van der Waals surface area (Å²) in [6, 6.07) is 4.05. The van der Waals surface area contributed by atoms with Crippen LogP contribution in [-0.4, -0.2) is 4.98 Å². The third-order valence-corrected chi connectivity index (χ3v) is 2.64. The van der Waals surface area contributed by atoms with E-state index in [0.29, 0.717) is 12.5 Å². The molecule has 0 aliphatic heterocycles. The lowest BCUT2D eigenvalue weighted by atomic mass is 9.81. The molecule has 0 atom stereocenters. The molecule has 1 saturated carbocycles. The maximum atomic E-state index is 5.63. The zero-order valence-corrected chi connectivity index (χ0v) is 7.16. The molecule has 1 aromatic rings. The van der Waals surface area contributed by atoms with Crippen molar-refractivity contribution in [2.75, 3.05) is 0 Å². The molecular weight excluding hydrogens is 148 g/mol. The molecule has 1 aromatic heterocycles. The largest absolute Gasteiger partial charge is 0.326 e. The lowest BCUT2D eigenvalue weighted by Gasteiger charge is -2.26. The van der Waals surface area contributed by atoms with Gasteiger partial charge in [0.2, 0.25) is 0 Å². The molecule has 0 bridgehead atoms. The van der Waals surface area contributed by atoms with Crippen LogP contribution in [0.2, 0.25) is 0 Å². The van der Waals surface area contributed by atoms with Gasteiger partial charge < -0.3 is 5.73 Å². The van der Waals surface area contributed by atoms with E-state index >= 15 is 0 Å². The minimum Gasteiger partial charge on any atom is -0.326 e. The van der Waals surface area contributed by atoms with Gasteiger partial charge in [0.05, 0.1) is 0 Å². The highest BCUT2D eigenvalue weighted by atomic mass is 14.7. The topological polar surface area (TPSA) is 38.9 Å². The lowest BCUT2D eigenvalue weighted by molar-refractivity contribution is 0.408. The van der Waals surface area contributed by atoms with E-state index < -0.39 is 0 Å². The van der Waals surface area contributed by atoms with E-state index in [2.05, 4.69) is 11.1 Å². The van der Waals surface area contributed by atoms with Crippen molar-refractivity contribution in [1.29, 1.82) is 0 Å². The average Bonchev–Trinajstić information content (AvgIpc) is 2.02.